The number of nitrogens with zero attached hydrogens (tertiary/aromatic N) is 2. The van der Waals surface area contributed by atoms with Gasteiger partial charge in [0.25, 0.3) is 0 Å². The largest absolute Gasteiger partial charge is 0.321 e. The maximum absolute atomic E-state index is 4.10. The van der Waals surface area contributed by atoms with E-state index in [-0.39, 0.29) is 0 Å². The van der Waals surface area contributed by atoms with E-state index in [0.29, 0.717) is 0 Å². The lowest BCUT2D eigenvalue weighted by Crippen LogP contribution is -1.95. The molecule has 1 radical (unpaired) electrons. The fourth-order valence-electron chi connectivity index (χ4n) is 1.17. The van der Waals surface area contributed by atoms with E-state index in [2.05, 4.69) is 27.9 Å². The Hall–Kier alpha value is -1.64. The first-order chi connectivity index (χ1) is 5.92. The van der Waals surface area contributed by atoms with Gasteiger partial charge in [-0.25, -0.2) is 9.97 Å². The van der Waals surface area contributed by atoms with Crippen molar-refractivity contribution in [3.05, 3.63) is 36.9 Å². The van der Waals surface area contributed by atoms with Gasteiger partial charge in [0, 0.05) is 18.2 Å². The summed E-state index contributed by atoms with van der Waals surface area (Å²) in [6.07, 6.45) is 7.02. The summed E-state index contributed by atoms with van der Waals surface area (Å²) in [6.45, 7) is 3.66. The van der Waals surface area contributed by atoms with Gasteiger partial charge in [0.05, 0.1) is 5.69 Å². The molecule has 2 rings (SSSR count). The lowest BCUT2D eigenvalue weighted by Gasteiger charge is -2.01. The Morgan fingerprint density at radius 1 is 1.67 bits per heavy atom. The first-order valence-corrected chi connectivity index (χ1v) is 3.72. The SMILES string of the molecule is C=CCc1n[c][nH]c2nccc1-2. The highest BCUT2D eigenvalue weighted by Gasteiger charge is 2.08. The molecule has 3 nitrogen and oxygen atoms in total. The summed E-state index contributed by atoms with van der Waals surface area (Å²) in [7, 11) is 0. The number of fused-ring (bicyclic) bond motifs is 1. The van der Waals surface area contributed by atoms with Crippen LogP contribution in [0.2, 0.25) is 0 Å². The summed E-state index contributed by atoms with van der Waals surface area (Å²) in [4.78, 5) is 11.0. The summed E-state index contributed by atoms with van der Waals surface area (Å²) in [6, 6.07) is 1.94. The molecule has 0 aromatic heterocycles. The molecule has 0 amide bonds. The average Bonchev–Trinajstić information content (AvgIpc) is 2.53. The molecule has 0 bridgehead atoms. The topological polar surface area (TPSA) is 41.6 Å². The Balaban J connectivity index is 2.54. The van der Waals surface area contributed by atoms with Crippen LogP contribution in [-0.4, -0.2) is 15.0 Å². The number of rotatable bonds is 2. The van der Waals surface area contributed by atoms with Crippen LogP contribution in [0.25, 0.3) is 11.4 Å². The zero-order valence-corrected chi connectivity index (χ0v) is 6.54. The second-order valence-electron chi connectivity index (χ2n) is 2.50. The summed E-state index contributed by atoms with van der Waals surface area (Å²) >= 11 is 0. The monoisotopic (exact) mass is 158 g/mol. The van der Waals surface area contributed by atoms with Crippen LogP contribution in [0.4, 0.5) is 0 Å². The van der Waals surface area contributed by atoms with Crippen LogP contribution >= 0.6 is 0 Å². The van der Waals surface area contributed by atoms with Crippen molar-refractivity contribution in [2.24, 2.45) is 0 Å². The summed E-state index contributed by atoms with van der Waals surface area (Å²) in [5.41, 5.74) is 2.02. The zero-order chi connectivity index (χ0) is 8.39. The number of aromatic nitrogens is 3. The molecule has 0 aromatic carbocycles. The molecule has 0 saturated carbocycles. The number of hydrogen-bond acceptors (Lipinski definition) is 2. The second-order valence-corrected chi connectivity index (χ2v) is 2.50. The van der Waals surface area contributed by atoms with Crippen molar-refractivity contribution in [3.63, 3.8) is 0 Å². The molecule has 2 heterocycles. The molecule has 0 spiro atoms. The van der Waals surface area contributed by atoms with E-state index in [4.69, 9.17) is 0 Å². The predicted octanol–water partition coefficient (Wildman–Crippen LogP) is 1.44. The van der Waals surface area contributed by atoms with Gasteiger partial charge >= 0.3 is 0 Å². The molecule has 12 heavy (non-hydrogen) atoms. The molecule has 1 N–H and O–H groups in total. The molecular formula is C9H8N3. The third-order valence-corrected chi connectivity index (χ3v) is 1.71. The van der Waals surface area contributed by atoms with Crippen LogP contribution in [0.15, 0.2) is 24.9 Å². The van der Waals surface area contributed by atoms with Gasteiger partial charge in [-0.2, -0.15) is 0 Å². The first kappa shape index (κ1) is 7.03. The molecular weight excluding hydrogens is 150 g/mol. The van der Waals surface area contributed by atoms with Crippen molar-refractivity contribution < 1.29 is 0 Å². The highest BCUT2D eigenvalue weighted by Crippen LogP contribution is 2.19. The van der Waals surface area contributed by atoms with Gasteiger partial charge in [0.1, 0.15) is 5.82 Å². The van der Waals surface area contributed by atoms with Crippen molar-refractivity contribution in [2.75, 3.05) is 0 Å². The lowest BCUT2D eigenvalue weighted by atomic mass is 10.1. The molecule has 3 heteroatoms. The Morgan fingerprint density at radius 3 is 3.42 bits per heavy atom. The quantitative estimate of drug-likeness (QED) is 0.672. The fourth-order valence-corrected chi connectivity index (χ4v) is 1.17. The van der Waals surface area contributed by atoms with Gasteiger partial charge in [-0.3, -0.25) is 0 Å². The van der Waals surface area contributed by atoms with E-state index in [0.717, 1.165) is 23.5 Å². The molecule has 0 saturated heterocycles. The van der Waals surface area contributed by atoms with Crippen LogP contribution in [-0.2, 0) is 6.42 Å². The summed E-state index contributed by atoms with van der Waals surface area (Å²) in [5.74, 6) is 0.835. The number of nitrogens with one attached hydrogen (secondary N) is 1. The number of allylic oxidation sites excluding steroid dienone is 1. The Labute approximate surface area is 70.5 Å². The lowest BCUT2D eigenvalue weighted by molar-refractivity contribution is 1.03. The van der Waals surface area contributed by atoms with Crippen molar-refractivity contribution >= 4 is 0 Å². The van der Waals surface area contributed by atoms with Gasteiger partial charge < -0.3 is 4.98 Å². The normalized spacial score (nSPS) is 10.3. The van der Waals surface area contributed by atoms with Gasteiger partial charge in [0.15, 0.2) is 6.33 Å². The van der Waals surface area contributed by atoms with Crippen LogP contribution in [0.3, 0.4) is 0 Å². The Bertz CT molecular complexity index is 364. The maximum Gasteiger partial charge on any atom is 0.175 e. The Morgan fingerprint density at radius 2 is 2.58 bits per heavy atom. The van der Waals surface area contributed by atoms with Gasteiger partial charge in [-0.05, 0) is 6.07 Å². The van der Waals surface area contributed by atoms with Crippen LogP contribution in [0, 0.1) is 6.33 Å². The second kappa shape index (κ2) is 2.77. The summed E-state index contributed by atoms with van der Waals surface area (Å²) < 4.78 is 0. The smallest absolute Gasteiger partial charge is 0.175 e. The Kier molecular flexibility index (Phi) is 1.63. The van der Waals surface area contributed by atoms with Gasteiger partial charge in [-0.15, -0.1) is 6.58 Å². The third-order valence-electron chi connectivity index (χ3n) is 1.71. The molecule has 2 aliphatic rings. The van der Waals surface area contributed by atoms with E-state index in [1.54, 1.807) is 6.20 Å². The van der Waals surface area contributed by atoms with E-state index >= 15 is 0 Å². The van der Waals surface area contributed by atoms with E-state index < -0.39 is 0 Å². The van der Waals surface area contributed by atoms with Crippen LogP contribution in [0.1, 0.15) is 5.69 Å². The number of H-pyrrole nitrogens is 1. The van der Waals surface area contributed by atoms with Crippen molar-refractivity contribution in [1.29, 1.82) is 0 Å². The molecule has 0 fully saturated rings. The van der Waals surface area contributed by atoms with Crippen molar-refractivity contribution in [1.82, 2.24) is 15.0 Å². The molecule has 0 aromatic rings. The average molecular weight is 158 g/mol. The van der Waals surface area contributed by atoms with Gasteiger partial charge in [0.2, 0.25) is 0 Å². The highest BCUT2D eigenvalue weighted by atomic mass is 14.9. The standard InChI is InChI=1S/C9H8N3/c1-2-3-8-7-4-5-10-9(7)12-6-11-8/h2,4-5H,1,3H2,(H,10,11,12). The first-order valence-electron chi connectivity index (χ1n) is 3.72. The molecule has 2 aliphatic heterocycles. The maximum atomic E-state index is 4.10. The minimum atomic E-state index is 0.757. The van der Waals surface area contributed by atoms with Gasteiger partial charge in [-0.1, -0.05) is 6.08 Å². The van der Waals surface area contributed by atoms with E-state index in [1.165, 1.54) is 0 Å². The van der Waals surface area contributed by atoms with E-state index in [9.17, 15) is 0 Å². The molecule has 0 unspecified atom stereocenters. The highest BCUT2D eigenvalue weighted by molar-refractivity contribution is 5.59. The molecule has 59 valence electrons. The molecule has 0 atom stereocenters. The van der Waals surface area contributed by atoms with Crippen LogP contribution < -0.4 is 0 Å². The summed E-state index contributed by atoms with van der Waals surface area (Å²) in [5, 5.41) is 0. The van der Waals surface area contributed by atoms with E-state index in [1.807, 2.05) is 12.1 Å². The fraction of sp³-hybridized carbons (Fsp3) is 0.111. The molecule has 0 aliphatic carbocycles. The predicted molar refractivity (Wildman–Crippen MR) is 45.7 cm³/mol. The third kappa shape index (κ3) is 0.993. The zero-order valence-electron chi connectivity index (χ0n) is 6.54. The van der Waals surface area contributed by atoms with Crippen molar-refractivity contribution in [2.45, 2.75) is 6.42 Å². The van der Waals surface area contributed by atoms with Crippen LogP contribution in [0.5, 0.6) is 0 Å². The number of hydrogen-bond donors (Lipinski definition) is 1. The minimum absolute atomic E-state index is 0.757. The minimum Gasteiger partial charge on any atom is -0.321 e. The number of aromatic amines is 1. The van der Waals surface area contributed by atoms with Crippen molar-refractivity contribution in [3.8, 4) is 11.4 Å².